The molecule has 0 bridgehead atoms. The molecule has 2 aliphatic carbocycles. The first-order valence-electron chi connectivity index (χ1n) is 22.4. The maximum atomic E-state index is 7.07. The Bertz CT molecular complexity index is 2590. The van der Waals surface area contributed by atoms with E-state index < -0.39 is 0 Å². The molecule has 5 heteroatoms. The molecule has 4 aliphatic heterocycles. The first-order chi connectivity index (χ1) is 28.2. The minimum Gasteiger partial charge on any atom is -0.446 e. The van der Waals surface area contributed by atoms with Gasteiger partial charge in [-0.2, -0.15) is 9.15 Å². The van der Waals surface area contributed by atoms with Crippen molar-refractivity contribution in [2.24, 2.45) is 4.99 Å². The lowest BCUT2D eigenvalue weighted by atomic mass is 9.77. The summed E-state index contributed by atoms with van der Waals surface area (Å²) in [6.07, 6.45) is 19.8. The van der Waals surface area contributed by atoms with Gasteiger partial charge in [0.15, 0.2) is 18.3 Å². The zero-order valence-corrected chi connectivity index (χ0v) is 35.0. The maximum absolute atomic E-state index is 7.07. The highest BCUT2D eigenvalue weighted by Crippen LogP contribution is 2.51. The summed E-state index contributed by atoms with van der Waals surface area (Å²) in [7, 11) is 0. The number of ether oxygens (including phenoxy) is 1. The fourth-order valence-corrected chi connectivity index (χ4v) is 11.5. The lowest BCUT2D eigenvalue weighted by molar-refractivity contribution is -0.758. The van der Waals surface area contributed by atoms with E-state index in [0.717, 1.165) is 5.75 Å². The minimum absolute atomic E-state index is 0.0280. The summed E-state index contributed by atoms with van der Waals surface area (Å²) in [4.78, 5) is 8.29. The van der Waals surface area contributed by atoms with Crippen molar-refractivity contribution in [2.75, 3.05) is 0 Å². The molecule has 2 saturated carbocycles. The van der Waals surface area contributed by atoms with Gasteiger partial charge in [0.05, 0.1) is 5.57 Å². The Labute approximate surface area is 344 Å². The molecule has 5 nitrogen and oxygen atoms in total. The summed E-state index contributed by atoms with van der Waals surface area (Å²) in [5, 5.41) is 5.09. The van der Waals surface area contributed by atoms with Crippen LogP contribution in [0.15, 0.2) is 96.1 Å². The van der Waals surface area contributed by atoms with Crippen molar-refractivity contribution >= 4 is 45.4 Å². The fraction of sp³-hybridized carbons (Fsp3) is 0.415. The van der Waals surface area contributed by atoms with Gasteiger partial charge in [-0.3, -0.25) is 0 Å². The van der Waals surface area contributed by atoms with Crippen LogP contribution in [-0.4, -0.2) is 56.8 Å². The molecule has 5 aromatic carbocycles. The Balaban J connectivity index is 1.22. The summed E-state index contributed by atoms with van der Waals surface area (Å²) in [5.41, 5.74) is 12.1. The van der Waals surface area contributed by atoms with Gasteiger partial charge in [-0.15, -0.1) is 0 Å². The van der Waals surface area contributed by atoms with E-state index in [2.05, 4.69) is 152 Å². The van der Waals surface area contributed by atoms with Gasteiger partial charge in [0.2, 0.25) is 0 Å². The van der Waals surface area contributed by atoms with Crippen LogP contribution in [0.1, 0.15) is 136 Å². The topological polar surface area (TPSA) is 30.9 Å². The van der Waals surface area contributed by atoms with Crippen molar-refractivity contribution in [3.8, 4) is 5.75 Å². The summed E-state index contributed by atoms with van der Waals surface area (Å²) in [6.45, 7) is 11.4. The third-order valence-corrected chi connectivity index (χ3v) is 14.7. The third-order valence-electron chi connectivity index (χ3n) is 14.7. The van der Waals surface area contributed by atoms with Crippen molar-refractivity contribution in [3.63, 3.8) is 0 Å². The van der Waals surface area contributed by atoms with E-state index in [1.54, 1.807) is 0 Å². The molecule has 0 spiro atoms. The number of aryl methyl sites for hydroxylation is 2. The summed E-state index contributed by atoms with van der Waals surface area (Å²) in [6, 6.07) is 33.9. The predicted octanol–water partition coefficient (Wildman–Crippen LogP) is 11.7. The normalized spacial score (nSPS) is 24.7. The number of allylic oxidation sites excluding steroid dienone is 1. The van der Waals surface area contributed by atoms with Crippen LogP contribution >= 0.6 is 0 Å². The van der Waals surface area contributed by atoms with Crippen LogP contribution in [0.25, 0.3) is 27.1 Å². The highest BCUT2D eigenvalue weighted by molar-refractivity contribution is 6.16. The summed E-state index contributed by atoms with van der Waals surface area (Å²) < 4.78 is 12.6. The molecule has 0 aromatic heterocycles. The standard InChI is InChI=1S/C53H58N4O/c1-33-27-36-22-25-44-47-49-46-42-26-23-39(53(3,4)5)29-37(42)21-24-43(46)48-52(57(49)32-54-51(47)58-50(44)45(36)28-34(33)2)56(41-19-13-8-14-20-41)31-38(35-15-9-6-10-16-35)30-55(48)40-17-11-7-12-18-40/h6,9-10,15-16,21-32,40-41,47-48,51-52H,7-8,11-14,17-20H2,1-5H3/q+2. The first-order valence-corrected chi connectivity index (χ1v) is 22.4. The maximum Gasteiger partial charge on any atom is 0.319 e. The van der Waals surface area contributed by atoms with Gasteiger partial charge in [0.1, 0.15) is 17.4 Å². The van der Waals surface area contributed by atoms with Crippen LogP contribution in [-0.2, 0) is 5.41 Å². The molecule has 5 aromatic rings. The average Bonchev–Trinajstić information content (AvgIpc) is 3.54. The molecule has 58 heavy (non-hydrogen) atoms. The molecular weight excluding hydrogens is 709 g/mol. The van der Waals surface area contributed by atoms with Crippen molar-refractivity contribution in [1.29, 1.82) is 0 Å². The van der Waals surface area contributed by atoms with E-state index in [0.29, 0.717) is 12.1 Å². The largest absolute Gasteiger partial charge is 0.446 e. The van der Waals surface area contributed by atoms with Gasteiger partial charge < -0.3 is 9.64 Å². The van der Waals surface area contributed by atoms with Gasteiger partial charge in [0, 0.05) is 41.6 Å². The van der Waals surface area contributed by atoms with Gasteiger partial charge in [-0.05, 0) is 100.0 Å². The highest BCUT2D eigenvalue weighted by Gasteiger charge is 2.58. The van der Waals surface area contributed by atoms with Crippen LogP contribution in [0.4, 0.5) is 0 Å². The van der Waals surface area contributed by atoms with Crippen LogP contribution < -0.4 is 4.74 Å². The second-order valence-corrected chi connectivity index (χ2v) is 19.3. The third kappa shape index (κ3) is 5.74. The summed E-state index contributed by atoms with van der Waals surface area (Å²) in [5.74, 6) is 0.981. The second-order valence-electron chi connectivity index (χ2n) is 19.3. The summed E-state index contributed by atoms with van der Waals surface area (Å²) >= 11 is 0. The van der Waals surface area contributed by atoms with Gasteiger partial charge >= 0.3 is 6.17 Å². The van der Waals surface area contributed by atoms with Gasteiger partial charge in [0.25, 0.3) is 12.6 Å². The monoisotopic (exact) mass is 766 g/mol. The number of nitrogens with zero attached hydrogens (tertiary/aromatic N) is 4. The van der Waals surface area contributed by atoms with Crippen molar-refractivity contribution in [3.05, 3.63) is 130 Å². The highest BCUT2D eigenvalue weighted by atomic mass is 16.5. The Morgan fingerprint density at radius 2 is 1.43 bits per heavy atom. The zero-order valence-electron chi connectivity index (χ0n) is 35.0. The van der Waals surface area contributed by atoms with E-state index in [4.69, 9.17) is 9.73 Å². The number of hydrogen-bond acceptors (Lipinski definition) is 3. The molecule has 4 atom stereocenters. The lowest BCUT2D eigenvalue weighted by Gasteiger charge is -2.44. The SMILES string of the molecule is Cc1cc2ccc3c(c2cc1C)OC1N=C[N+]2=C(c4c(ccc5cc(C(C)(C)C)ccc45)C4C2[N+](C2CCCCC2)=CC(c2ccccc2)=CN4C2CCCCC2)C31. The molecule has 4 unspecified atom stereocenters. The Kier molecular flexibility index (Phi) is 8.57. The molecule has 0 N–H and O–H groups in total. The van der Waals surface area contributed by atoms with E-state index in [9.17, 15) is 0 Å². The van der Waals surface area contributed by atoms with Gasteiger partial charge in [-0.1, -0.05) is 125 Å². The number of benzene rings is 5. The Morgan fingerprint density at radius 1 is 0.724 bits per heavy atom. The minimum atomic E-state index is -0.313. The van der Waals surface area contributed by atoms with Crippen LogP contribution in [0.2, 0.25) is 0 Å². The van der Waals surface area contributed by atoms with Crippen LogP contribution in [0.5, 0.6) is 5.75 Å². The fourth-order valence-electron chi connectivity index (χ4n) is 11.5. The second kappa shape index (κ2) is 13.8. The molecule has 6 aliphatic rings. The number of aliphatic imine (C=N–C) groups is 1. The quantitative estimate of drug-likeness (QED) is 0.171. The molecule has 0 amide bonds. The van der Waals surface area contributed by atoms with E-state index in [1.807, 2.05) is 0 Å². The molecule has 0 saturated heterocycles. The zero-order chi connectivity index (χ0) is 39.3. The van der Waals surface area contributed by atoms with E-state index in [-0.39, 0.29) is 29.8 Å². The van der Waals surface area contributed by atoms with Crippen molar-refractivity contribution in [1.82, 2.24) is 4.90 Å². The number of fused-ring (bicyclic) bond motifs is 13. The number of rotatable bonds is 3. The Morgan fingerprint density at radius 3 is 2.19 bits per heavy atom. The molecule has 4 heterocycles. The van der Waals surface area contributed by atoms with Gasteiger partial charge in [-0.25, -0.2) is 0 Å². The number of hydrogen-bond donors (Lipinski definition) is 0. The molecule has 0 radical (unpaired) electrons. The molecule has 2 fully saturated rings. The van der Waals surface area contributed by atoms with E-state index >= 15 is 0 Å². The van der Waals surface area contributed by atoms with E-state index in [1.165, 1.54) is 136 Å². The van der Waals surface area contributed by atoms with Crippen LogP contribution in [0, 0.1) is 13.8 Å². The predicted molar refractivity (Wildman–Crippen MR) is 239 cm³/mol. The first kappa shape index (κ1) is 36.1. The van der Waals surface area contributed by atoms with Crippen molar-refractivity contribution in [2.45, 2.75) is 141 Å². The molecular formula is C53H58N4O+2. The average molecular weight is 767 g/mol. The lowest BCUT2D eigenvalue weighted by Crippen LogP contribution is -2.57. The smallest absolute Gasteiger partial charge is 0.319 e. The van der Waals surface area contributed by atoms with Crippen LogP contribution in [0.3, 0.4) is 0 Å². The van der Waals surface area contributed by atoms with Crippen molar-refractivity contribution < 1.29 is 13.9 Å². The molecule has 11 rings (SSSR count). The molecule has 294 valence electrons. The Hall–Kier alpha value is -5.03.